The molecule has 0 amide bonds. The van der Waals surface area contributed by atoms with E-state index in [-0.39, 0.29) is 0 Å². The van der Waals surface area contributed by atoms with Crippen molar-refractivity contribution in [1.29, 1.82) is 0 Å². The molecule has 1 aromatic rings. The van der Waals surface area contributed by atoms with Gasteiger partial charge in [-0.05, 0) is 63.3 Å². The van der Waals surface area contributed by atoms with Gasteiger partial charge in [0, 0.05) is 5.02 Å². The molecule has 1 N–H and O–H groups in total. The van der Waals surface area contributed by atoms with Crippen LogP contribution in [0.15, 0.2) is 12.1 Å². The van der Waals surface area contributed by atoms with Crippen molar-refractivity contribution in [2.24, 2.45) is 5.41 Å². The van der Waals surface area contributed by atoms with Gasteiger partial charge in [-0.25, -0.2) is 0 Å². The smallest absolute Gasteiger partial charge is 0.309 e. The summed E-state index contributed by atoms with van der Waals surface area (Å²) in [5.74, 6) is -0.766. The van der Waals surface area contributed by atoms with Crippen molar-refractivity contribution in [2.45, 2.75) is 40.5 Å². The lowest BCUT2D eigenvalue weighted by Crippen LogP contribution is -2.24. The molecule has 3 heteroatoms. The minimum atomic E-state index is -0.766. The number of benzene rings is 1. The van der Waals surface area contributed by atoms with Crippen LogP contribution in [0.2, 0.25) is 5.02 Å². The number of carboxylic acids is 1. The Hall–Kier alpha value is -1.02. The fraction of sp³-hybridized carbons (Fsp3) is 0.500. The van der Waals surface area contributed by atoms with Gasteiger partial charge < -0.3 is 5.11 Å². The van der Waals surface area contributed by atoms with E-state index in [0.717, 1.165) is 16.1 Å². The molecule has 0 aliphatic carbocycles. The Morgan fingerprint density at radius 2 is 1.82 bits per heavy atom. The first-order valence-corrected chi connectivity index (χ1v) is 6.11. The predicted octanol–water partition coefficient (Wildman–Crippen LogP) is 4.00. The molecular formula is C14H19ClO2. The third kappa shape index (κ3) is 3.47. The van der Waals surface area contributed by atoms with Crippen LogP contribution in [0.4, 0.5) is 0 Å². The highest BCUT2D eigenvalue weighted by Gasteiger charge is 2.26. The maximum absolute atomic E-state index is 11.0. The van der Waals surface area contributed by atoms with Gasteiger partial charge in [0.25, 0.3) is 0 Å². The van der Waals surface area contributed by atoms with Crippen LogP contribution in [0.5, 0.6) is 0 Å². The molecule has 0 heterocycles. The molecule has 17 heavy (non-hydrogen) atoms. The first-order valence-electron chi connectivity index (χ1n) is 5.73. The molecule has 0 saturated heterocycles. The number of hydrogen-bond acceptors (Lipinski definition) is 1. The number of hydrogen-bond donors (Lipinski definition) is 1. The SMILES string of the molecule is Cc1cc(Cl)c(CCC(C)(C)C(=O)O)cc1C. The minimum absolute atomic E-state index is 0.588. The first-order chi connectivity index (χ1) is 7.74. The maximum Gasteiger partial charge on any atom is 0.309 e. The van der Waals surface area contributed by atoms with E-state index in [0.29, 0.717) is 12.8 Å². The van der Waals surface area contributed by atoms with Crippen LogP contribution >= 0.6 is 11.6 Å². The van der Waals surface area contributed by atoms with Gasteiger partial charge in [-0.3, -0.25) is 4.79 Å². The zero-order valence-electron chi connectivity index (χ0n) is 10.8. The van der Waals surface area contributed by atoms with Gasteiger partial charge in [0.2, 0.25) is 0 Å². The predicted molar refractivity (Wildman–Crippen MR) is 70.7 cm³/mol. The van der Waals surface area contributed by atoms with E-state index in [1.165, 1.54) is 5.56 Å². The molecule has 2 nitrogen and oxygen atoms in total. The summed E-state index contributed by atoms with van der Waals surface area (Å²) in [5.41, 5.74) is 2.68. The fourth-order valence-corrected chi connectivity index (χ4v) is 1.90. The number of carboxylic acid groups (broad SMARTS) is 1. The molecule has 0 bridgehead atoms. The fourth-order valence-electron chi connectivity index (χ4n) is 1.59. The Labute approximate surface area is 108 Å². The van der Waals surface area contributed by atoms with Crippen molar-refractivity contribution in [3.8, 4) is 0 Å². The zero-order valence-corrected chi connectivity index (χ0v) is 11.6. The number of carbonyl (C=O) groups is 1. The summed E-state index contributed by atoms with van der Waals surface area (Å²) in [6.45, 7) is 7.54. The Morgan fingerprint density at radius 3 is 2.35 bits per heavy atom. The first kappa shape index (κ1) is 14.0. The minimum Gasteiger partial charge on any atom is -0.481 e. The van der Waals surface area contributed by atoms with Crippen LogP contribution < -0.4 is 0 Å². The van der Waals surface area contributed by atoms with Gasteiger partial charge in [-0.1, -0.05) is 17.7 Å². The molecule has 0 aromatic heterocycles. The third-order valence-electron chi connectivity index (χ3n) is 3.26. The topological polar surface area (TPSA) is 37.3 Å². The molecule has 0 unspecified atom stereocenters. The molecule has 0 aliphatic rings. The van der Waals surface area contributed by atoms with Crippen molar-refractivity contribution >= 4 is 17.6 Å². The Bertz CT molecular complexity index is 436. The summed E-state index contributed by atoms with van der Waals surface area (Å²) in [6.07, 6.45) is 1.28. The zero-order chi connectivity index (χ0) is 13.2. The average molecular weight is 255 g/mol. The molecule has 1 rings (SSSR count). The summed E-state index contributed by atoms with van der Waals surface area (Å²) >= 11 is 6.16. The van der Waals surface area contributed by atoms with Gasteiger partial charge in [0.15, 0.2) is 0 Å². The second kappa shape index (κ2) is 5.09. The van der Waals surface area contributed by atoms with E-state index in [9.17, 15) is 4.79 Å². The van der Waals surface area contributed by atoms with Crippen molar-refractivity contribution < 1.29 is 9.90 Å². The highest BCUT2D eigenvalue weighted by Crippen LogP contribution is 2.27. The van der Waals surface area contributed by atoms with E-state index in [4.69, 9.17) is 16.7 Å². The van der Waals surface area contributed by atoms with E-state index in [2.05, 4.69) is 6.07 Å². The molecule has 0 spiro atoms. The Kier molecular flexibility index (Phi) is 4.21. The largest absolute Gasteiger partial charge is 0.481 e. The quantitative estimate of drug-likeness (QED) is 0.882. The average Bonchev–Trinajstić information content (AvgIpc) is 2.21. The maximum atomic E-state index is 11.0. The lowest BCUT2D eigenvalue weighted by Gasteiger charge is -2.19. The van der Waals surface area contributed by atoms with Gasteiger partial charge in [0.1, 0.15) is 0 Å². The van der Waals surface area contributed by atoms with Gasteiger partial charge in [0.05, 0.1) is 5.41 Å². The van der Waals surface area contributed by atoms with Crippen LogP contribution in [0.3, 0.4) is 0 Å². The van der Waals surface area contributed by atoms with E-state index >= 15 is 0 Å². The molecule has 0 aliphatic heterocycles. The third-order valence-corrected chi connectivity index (χ3v) is 3.61. The van der Waals surface area contributed by atoms with Crippen molar-refractivity contribution in [3.05, 3.63) is 33.8 Å². The second-order valence-electron chi connectivity index (χ2n) is 5.22. The van der Waals surface area contributed by atoms with Crippen LogP contribution in [0.25, 0.3) is 0 Å². The van der Waals surface area contributed by atoms with E-state index in [1.807, 2.05) is 19.9 Å². The number of halogens is 1. The number of aliphatic carboxylic acids is 1. The molecule has 0 fully saturated rings. The second-order valence-corrected chi connectivity index (χ2v) is 5.62. The number of aryl methyl sites for hydroxylation is 3. The number of rotatable bonds is 4. The van der Waals surface area contributed by atoms with Crippen LogP contribution in [0.1, 0.15) is 37.0 Å². The molecule has 0 saturated carbocycles. The molecule has 0 atom stereocenters. The van der Waals surface area contributed by atoms with Crippen LogP contribution in [-0.4, -0.2) is 11.1 Å². The summed E-state index contributed by atoms with van der Waals surface area (Å²) in [4.78, 5) is 11.0. The van der Waals surface area contributed by atoms with Crippen molar-refractivity contribution in [1.82, 2.24) is 0 Å². The lowest BCUT2D eigenvalue weighted by molar-refractivity contribution is -0.147. The summed E-state index contributed by atoms with van der Waals surface area (Å²) in [6, 6.07) is 4.00. The normalized spacial score (nSPS) is 11.6. The van der Waals surface area contributed by atoms with E-state index < -0.39 is 11.4 Å². The van der Waals surface area contributed by atoms with Crippen molar-refractivity contribution in [3.63, 3.8) is 0 Å². The van der Waals surface area contributed by atoms with Crippen molar-refractivity contribution in [2.75, 3.05) is 0 Å². The Morgan fingerprint density at radius 1 is 1.29 bits per heavy atom. The van der Waals surface area contributed by atoms with Crippen LogP contribution in [0, 0.1) is 19.3 Å². The molecule has 0 radical (unpaired) electrons. The monoisotopic (exact) mass is 254 g/mol. The standard InChI is InChI=1S/C14H19ClO2/c1-9-7-11(12(15)8-10(9)2)5-6-14(3,4)13(16)17/h7-8H,5-6H2,1-4H3,(H,16,17). The highest BCUT2D eigenvalue weighted by molar-refractivity contribution is 6.31. The summed E-state index contributed by atoms with van der Waals surface area (Å²) in [5, 5.41) is 9.79. The summed E-state index contributed by atoms with van der Waals surface area (Å²) < 4.78 is 0. The molecule has 94 valence electrons. The van der Waals surface area contributed by atoms with Gasteiger partial charge >= 0.3 is 5.97 Å². The van der Waals surface area contributed by atoms with Crippen LogP contribution in [-0.2, 0) is 11.2 Å². The van der Waals surface area contributed by atoms with E-state index in [1.54, 1.807) is 13.8 Å². The summed E-state index contributed by atoms with van der Waals surface area (Å²) in [7, 11) is 0. The van der Waals surface area contributed by atoms with Gasteiger partial charge in [-0.2, -0.15) is 0 Å². The van der Waals surface area contributed by atoms with Gasteiger partial charge in [-0.15, -0.1) is 0 Å². The molecule has 1 aromatic carbocycles. The lowest BCUT2D eigenvalue weighted by atomic mass is 9.86. The highest BCUT2D eigenvalue weighted by atomic mass is 35.5. The Balaban J connectivity index is 2.83. The molecular weight excluding hydrogens is 236 g/mol.